The fourth-order valence-electron chi connectivity index (χ4n) is 2.55. The van der Waals surface area contributed by atoms with Gasteiger partial charge >= 0.3 is 0 Å². The Morgan fingerprint density at radius 1 is 1.28 bits per heavy atom. The number of aromatic nitrogens is 3. The number of nitrogens with zero attached hydrogens (tertiary/aromatic N) is 4. The molecule has 0 aliphatic carbocycles. The highest BCUT2D eigenvalue weighted by Crippen LogP contribution is 2.16. The van der Waals surface area contributed by atoms with Gasteiger partial charge in [0.1, 0.15) is 0 Å². The van der Waals surface area contributed by atoms with E-state index in [2.05, 4.69) is 51.8 Å². The average Bonchev–Trinajstić information content (AvgIpc) is 3.17. The molecule has 134 valence electrons. The monoisotopic (exact) mass is 470 g/mol. The number of hydrogen-bond acceptors (Lipinski definition) is 4. The number of fused-ring (bicyclic) bond motifs is 1. The number of pyridine rings is 1. The maximum Gasteiger partial charge on any atom is 0.191 e. The van der Waals surface area contributed by atoms with Crippen LogP contribution >= 0.6 is 35.3 Å². The van der Waals surface area contributed by atoms with Gasteiger partial charge in [0.25, 0.3) is 0 Å². The molecule has 0 spiro atoms. The summed E-state index contributed by atoms with van der Waals surface area (Å²) in [6.07, 6.45) is 2.94. The molecule has 0 aliphatic rings. The van der Waals surface area contributed by atoms with Crippen LogP contribution in [0.15, 0.2) is 41.5 Å². The first-order valence-corrected chi connectivity index (χ1v) is 8.78. The molecular weight excluding hydrogens is 447 g/mol. The zero-order valence-corrected chi connectivity index (χ0v) is 17.7. The summed E-state index contributed by atoms with van der Waals surface area (Å²) < 4.78 is 1.97. The van der Waals surface area contributed by atoms with Gasteiger partial charge in [-0.15, -0.1) is 45.5 Å². The minimum atomic E-state index is 0. The van der Waals surface area contributed by atoms with Gasteiger partial charge in [-0.3, -0.25) is 9.39 Å². The predicted molar refractivity (Wildman–Crippen MR) is 114 cm³/mol. The predicted octanol–water partition coefficient (Wildman–Crippen LogP) is 3.01. The third kappa shape index (κ3) is 5.15. The van der Waals surface area contributed by atoms with Crippen molar-refractivity contribution in [3.8, 4) is 0 Å². The van der Waals surface area contributed by atoms with Crippen LogP contribution in [0.5, 0.6) is 0 Å². The first-order chi connectivity index (χ1) is 11.7. The molecule has 3 heterocycles. The van der Waals surface area contributed by atoms with E-state index in [1.165, 1.54) is 9.75 Å². The maximum atomic E-state index is 4.29. The van der Waals surface area contributed by atoms with E-state index in [1.807, 2.05) is 40.1 Å². The summed E-state index contributed by atoms with van der Waals surface area (Å²) in [5, 5.41) is 15.1. The normalized spacial score (nSPS) is 12.7. The Balaban J connectivity index is 0.00000225. The van der Waals surface area contributed by atoms with E-state index < -0.39 is 0 Å². The van der Waals surface area contributed by atoms with Crippen LogP contribution in [-0.2, 0) is 13.0 Å². The van der Waals surface area contributed by atoms with E-state index in [1.54, 1.807) is 7.05 Å². The van der Waals surface area contributed by atoms with Crippen molar-refractivity contribution < 1.29 is 0 Å². The minimum Gasteiger partial charge on any atom is -0.354 e. The molecule has 8 heteroatoms. The van der Waals surface area contributed by atoms with Crippen molar-refractivity contribution in [2.45, 2.75) is 32.9 Å². The maximum absolute atomic E-state index is 4.29. The Morgan fingerprint density at radius 3 is 2.84 bits per heavy atom. The molecule has 3 aromatic rings. The van der Waals surface area contributed by atoms with Gasteiger partial charge < -0.3 is 10.6 Å². The van der Waals surface area contributed by atoms with Gasteiger partial charge in [0.05, 0.1) is 6.54 Å². The number of rotatable bonds is 5. The van der Waals surface area contributed by atoms with Gasteiger partial charge in [-0.2, -0.15) is 0 Å². The minimum absolute atomic E-state index is 0. The zero-order chi connectivity index (χ0) is 16.9. The van der Waals surface area contributed by atoms with Gasteiger partial charge in [-0.1, -0.05) is 6.07 Å². The molecule has 25 heavy (non-hydrogen) atoms. The molecule has 0 fully saturated rings. The molecule has 0 amide bonds. The highest BCUT2D eigenvalue weighted by Gasteiger charge is 2.09. The summed E-state index contributed by atoms with van der Waals surface area (Å²) >= 11 is 1.84. The standard InChI is InChI=1S/C17H22N6S.HI/c1-12(10-14-8-7-13(2)24-14)20-17(18-3)19-11-16-22-21-15-6-4-5-9-23(15)16;/h4-9,12H,10-11H2,1-3H3,(H2,18,19,20);1H. The van der Waals surface area contributed by atoms with Crippen LogP contribution in [-0.4, -0.2) is 33.6 Å². The van der Waals surface area contributed by atoms with Crippen molar-refractivity contribution in [1.29, 1.82) is 0 Å². The van der Waals surface area contributed by atoms with Crippen molar-refractivity contribution >= 4 is 46.9 Å². The van der Waals surface area contributed by atoms with Crippen molar-refractivity contribution in [2.24, 2.45) is 4.99 Å². The summed E-state index contributed by atoms with van der Waals surface area (Å²) in [5.41, 5.74) is 0.846. The van der Waals surface area contributed by atoms with Crippen LogP contribution in [0, 0.1) is 6.92 Å². The molecule has 0 aliphatic heterocycles. The lowest BCUT2D eigenvalue weighted by atomic mass is 10.2. The molecule has 0 aromatic carbocycles. The van der Waals surface area contributed by atoms with Crippen LogP contribution in [0.1, 0.15) is 22.5 Å². The molecule has 0 saturated carbocycles. The number of halogens is 1. The summed E-state index contributed by atoms with van der Waals surface area (Å²) in [4.78, 5) is 7.02. The smallest absolute Gasteiger partial charge is 0.191 e. The number of hydrogen-bond donors (Lipinski definition) is 2. The summed E-state index contributed by atoms with van der Waals surface area (Å²) in [6, 6.07) is 10.5. The van der Waals surface area contributed by atoms with Crippen LogP contribution in [0.25, 0.3) is 5.65 Å². The highest BCUT2D eigenvalue weighted by molar-refractivity contribution is 14.0. The number of nitrogens with one attached hydrogen (secondary N) is 2. The summed E-state index contributed by atoms with van der Waals surface area (Å²) in [7, 11) is 1.78. The topological polar surface area (TPSA) is 66.6 Å². The highest BCUT2D eigenvalue weighted by atomic mass is 127. The van der Waals surface area contributed by atoms with Gasteiger partial charge in [0.15, 0.2) is 17.4 Å². The second-order valence-corrected chi connectivity index (χ2v) is 7.11. The van der Waals surface area contributed by atoms with Crippen LogP contribution < -0.4 is 10.6 Å². The lowest BCUT2D eigenvalue weighted by Gasteiger charge is -2.17. The largest absolute Gasteiger partial charge is 0.354 e. The third-order valence-corrected chi connectivity index (χ3v) is 4.73. The van der Waals surface area contributed by atoms with Gasteiger partial charge in [0, 0.05) is 35.5 Å². The Hall–Kier alpha value is -1.68. The Kier molecular flexibility index (Phi) is 7.18. The van der Waals surface area contributed by atoms with E-state index >= 15 is 0 Å². The van der Waals surface area contributed by atoms with E-state index in [-0.39, 0.29) is 24.0 Å². The molecule has 2 N–H and O–H groups in total. The summed E-state index contributed by atoms with van der Waals surface area (Å²) in [6.45, 7) is 4.86. The number of aryl methyl sites for hydroxylation is 1. The molecule has 6 nitrogen and oxygen atoms in total. The van der Waals surface area contributed by atoms with Gasteiger partial charge in [0.2, 0.25) is 0 Å². The second kappa shape index (κ2) is 9.14. The third-order valence-electron chi connectivity index (χ3n) is 3.71. The molecule has 3 aromatic heterocycles. The number of thiophene rings is 1. The molecule has 0 bridgehead atoms. The molecular formula is C17H23IN6S. The Morgan fingerprint density at radius 2 is 2.12 bits per heavy atom. The lowest BCUT2D eigenvalue weighted by Crippen LogP contribution is -2.42. The van der Waals surface area contributed by atoms with Crippen LogP contribution in [0.4, 0.5) is 0 Å². The molecule has 1 atom stereocenters. The van der Waals surface area contributed by atoms with Crippen molar-refractivity contribution in [3.05, 3.63) is 52.1 Å². The fraction of sp³-hybridized carbons (Fsp3) is 0.353. The number of guanidine groups is 1. The van der Waals surface area contributed by atoms with Crippen LogP contribution in [0.2, 0.25) is 0 Å². The molecule has 1 unspecified atom stereocenters. The van der Waals surface area contributed by atoms with E-state index in [0.29, 0.717) is 12.6 Å². The van der Waals surface area contributed by atoms with Crippen LogP contribution in [0.3, 0.4) is 0 Å². The van der Waals surface area contributed by atoms with Gasteiger partial charge in [-0.05, 0) is 38.1 Å². The first kappa shape index (κ1) is 19.6. The van der Waals surface area contributed by atoms with Crippen molar-refractivity contribution in [1.82, 2.24) is 25.2 Å². The van der Waals surface area contributed by atoms with E-state index in [0.717, 1.165) is 23.9 Å². The second-order valence-electron chi connectivity index (χ2n) is 5.73. The molecule has 0 radical (unpaired) electrons. The Bertz CT molecular complexity index is 840. The van der Waals surface area contributed by atoms with E-state index in [4.69, 9.17) is 0 Å². The van der Waals surface area contributed by atoms with Crippen molar-refractivity contribution in [2.75, 3.05) is 7.05 Å². The van der Waals surface area contributed by atoms with Gasteiger partial charge in [-0.25, -0.2) is 0 Å². The van der Waals surface area contributed by atoms with E-state index in [9.17, 15) is 0 Å². The number of aliphatic imine (C=N–C) groups is 1. The molecule has 3 rings (SSSR count). The Labute approximate surface area is 168 Å². The average molecular weight is 470 g/mol. The lowest BCUT2D eigenvalue weighted by molar-refractivity contribution is 0.640. The first-order valence-electron chi connectivity index (χ1n) is 7.97. The SMILES string of the molecule is CN=C(NCc1nnc2ccccn12)NC(C)Cc1ccc(C)s1.I. The molecule has 0 saturated heterocycles. The summed E-state index contributed by atoms with van der Waals surface area (Å²) in [5.74, 6) is 1.62. The van der Waals surface area contributed by atoms with Crippen molar-refractivity contribution in [3.63, 3.8) is 0 Å². The fourth-order valence-corrected chi connectivity index (χ4v) is 3.57. The quantitative estimate of drug-likeness (QED) is 0.342. The zero-order valence-electron chi connectivity index (χ0n) is 14.6.